The largest absolute Gasteiger partial charge is 0.493 e. The Morgan fingerprint density at radius 1 is 0.710 bits per heavy atom. The van der Waals surface area contributed by atoms with Crippen LogP contribution in [0.4, 0.5) is 5.69 Å². The highest BCUT2D eigenvalue weighted by molar-refractivity contribution is 6.05. The molecule has 0 atom stereocenters. The Balaban J connectivity index is 0.000000211. The van der Waals surface area contributed by atoms with E-state index in [1.54, 1.807) is 26.0 Å². The van der Waals surface area contributed by atoms with Crippen molar-refractivity contribution in [1.29, 1.82) is 0 Å². The second kappa shape index (κ2) is 21.8. The fraction of sp³-hybridized carbons (Fsp3) is 0.308. The number of pyridine rings is 1. The number of carbonyl (C=O) groups is 3. The van der Waals surface area contributed by atoms with Crippen molar-refractivity contribution in [3.63, 3.8) is 0 Å². The lowest BCUT2D eigenvalue weighted by molar-refractivity contribution is -0.119. The number of rotatable bonds is 20. The third-order valence-electron chi connectivity index (χ3n) is 10.7. The second-order valence-electron chi connectivity index (χ2n) is 16.1. The van der Waals surface area contributed by atoms with Crippen molar-refractivity contribution >= 4 is 34.3 Å². The molecule has 7 rings (SSSR count). The molecule has 1 aliphatic heterocycles. The van der Waals surface area contributed by atoms with Gasteiger partial charge in [-0.2, -0.15) is 0 Å². The Labute approximate surface area is 364 Å². The number of hydrogen-bond acceptors (Lipinski definition) is 8. The molecule has 0 spiro atoms. The van der Waals surface area contributed by atoms with Crippen molar-refractivity contribution in [3.05, 3.63) is 155 Å². The van der Waals surface area contributed by atoms with Gasteiger partial charge in [-0.15, -0.1) is 0 Å². The maximum atomic E-state index is 12.1. The number of carbonyl (C=O) groups excluding carboxylic acids is 2. The molecule has 0 unspecified atom stereocenters. The van der Waals surface area contributed by atoms with Crippen molar-refractivity contribution in [2.75, 3.05) is 18.5 Å². The van der Waals surface area contributed by atoms with E-state index in [9.17, 15) is 19.5 Å². The summed E-state index contributed by atoms with van der Waals surface area (Å²) in [6, 6.07) is 38.9. The SMILES string of the molecule is CC(=O)CCCCCc1cccc(OCc2ccc3c(c2)C(C)(C)C(=O)N3)c1.Cc1cc(Oc2ccccc2)cc(OCCCCOCc2ccc3ccccc3n2)c1C(=O)O. The molecule has 0 saturated heterocycles. The van der Waals surface area contributed by atoms with Gasteiger partial charge in [-0.25, -0.2) is 4.79 Å². The minimum absolute atomic E-state index is 0.0385. The number of para-hydroxylation sites is 2. The number of Topliss-reactive ketones (excluding diaryl/α,β-unsaturated/α-hetero) is 1. The monoisotopic (exact) mass is 836 g/mol. The Morgan fingerprint density at radius 3 is 2.29 bits per heavy atom. The predicted octanol–water partition coefficient (Wildman–Crippen LogP) is 11.6. The van der Waals surface area contributed by atoms with Gasteiger partial charge in [0.05, 0.1) is 29.8 Å². The molecule has 62 heavy (non-hydrogen) atoms. The van der Waals surface area contributed by atoms with Crippen molar-refractivity contribution in [3.8, 4) is 23.0 Å². The van der Waals surface area contributed by atoms with Crippen LogP contribution in [-0.4, -0.2) is 41.0 Å². The van der Waals surface area contributed by atoms with Gasteiger partial charge in [0.25, 0.3) is 0 Å². The summed E-state index contributed by atoms with van der Waals surface area (Å²) in [4.78, 5) is 39.4. The molecule has 0 radical (unpaired) electrons. The van der Waals surface area contributed by atoms with E-state index in [1.165, 1.54) is 5.56 Å². The molecule has 0 saturated carbocycles. The molecule has 10 nitrogen and oxygen atoms in total. The fourth-order valence-corrected chi connectivity index (χ4v) is 7.19. The molecule has 0 fully saturated rings. The van der Waals surface area contributed by atoms with E-state index < -0.39 is 11.4 Å². The highest BCUT2D eigenvalue weighted by Gasteiger charge is 2.38. The number of fused-ring (bicyclic) bond motifs is 2. The molecule has 2 N–H and O–H groups in total. The van der Waals surface area contributed by atoms with Crippen LogP contribution < -0.4 is 19.5 Å². The standard InChI is InChI=1S/C28H27NO5.C24H29NO3/c1-20-17-24(34-23-10-3-2-4-11-23)18-26(27(20)28(30)31)33-16-8-7-15-32-19-22-14-13-21-9-5-6-12-25(21)29-22;1-17(26)8-5-4-6-9-18-10-7-11-20(14-18)28-16-19-12-13-22-21(15-19)24(2,3)23(27)25-22/h2-6,9-14,17-18H,7-8,15-16,19H2,1H3,(H,30,31);7,10-15H,4-6,8-9,16H2,1-3H3,(H,25,27). The van der Waals surface area contributed by atoms with E-state index in [0.29, 0.717) is 55.7 Å². The third-order valence-corrected chi connectivity index (χ3v) is 10.7. The number of carboxylic acid groups (broad SMARTS) is 1. The van der Waals surface area contributed by atoms with E-state index in [-0.39, 0.29) is 17.3 Å². The van der Waals surface area contributed by atoms with E-state index in [1.807, 2.05) is 105 Å². The number of ether oxygens (including phenoxy) is 4. The van der Waals surface area contributed by atoms with Gasteiger partial charge in [0.15, 0.2) is 0 Å². The average Bonchev–Trinajstić information content (AvgIpc) is 3.48. The van der Waals surface area contributed by atoms with Crippen LogP contribution in [0.1, 0.15) is 97.6 Å². The molecule has 1 amide bonds. The number of amides is 1. The quantitative estimate of drug-likeness (QED) is 0.0721. The zero-order chi connectivity index (χ0) is 43.9. The van der Waals surface area contributed by atoms with Crippen LogP contribution in [-0.2, 0) is 39.4 Å². The van der Waals surface area contributed by atoms with Crippen LogP contribution in [0.5, 0.6) is 23.0 Å². The lowest BCUT2D eigenvalue weighted by Crippen LogP contribution is -2.26. The summed E-state index contributed by atoms with van der Waals surface area (Å²) < 4.78 is 23.5. The van der Waals surface area contributed by atoms with Crippen LogP contribution in [0.15, 0.2) is 121 Å². The van der Waals surface area contributed by atoms with Gasteiger partial charge in [-0.05, 0) is 137 Å². The number of nitrogens with zero attached hydrogens (tertiary/aromatic N) is 1. The first-order valence-electron chi connectivity index (χ1n) is 21.3. The van der Waals surface area contributed by atoms with Gasteiger partial charge in [-0.1, -0.05) is 67.1 Å². The first kappa shape index (κ1) is 45.0. The zero-order valence-electron chi connectivity index (χ0n) is 36.1. The van der Waals surface area contributed by atoms with Crippen LogP contribution >= 0.6 is 0 Å². The number of unbranched alkanes of at least 4 members (excludes halogenated alkanes) is 3. The summed E-state index contributed by atoms with van der Waals surface area (Å²) in [7, 11) is 0. The van der Waals surface area contributed by atoms with Gasteiger partial charge < -0.3 is 34.2 Å². The number of aromatic nitrogens is 1. The van der Waals surface area contributed by atoms with E-state index in [2.05, 4.69) is 28.5 Å². The number of anilines is 1. The lowest BCUT2D eigenvalue weighted by atomic mass is 9.85. The Bertz CT molecular complexity index is 2460. The Kier molecular flexibility index (Phi) is 15.9. The summed E-state index contributed by atoms with van der Waals surface area (Å²) in [5.74, 6) is 1.66. The van der Waals surface area contributed by atoms with Crippen molar-refractivity contribution < 1.29 is 38.4 Å². The number of carboxylic acids is 1. The molecule has 0 bridgehead atoms. The smallest absolute Gasteiger partial charge is 0.339 e. The summed E-state index contributed by atoms with van der Waals surface area (Å²) in [5, 5.41) is 13.7. The topological polar surface area (TPSA) is 133 Å². The number of hydrogen-bond donors (Lipinski definition) is 2. The fourth-order valence-electron chi connectivity index (χ4n) is 7.19. The third kappa shape index (κ3) is 12.8. The molecule has 1 aromatic heterocycles. The molecule has 2 heterocycles. The average molecular weight is 837 g/mol. The first-order chi connectivity index (χ1) is 30.0. The number of nitrogens with one attached hydrogen (secondary N) is 1. The van der Waals surface area contributed by atoms with Gasteiger partial charge >= 0.3 is 5.97 Å². The van der Waals surface area contributed by atoms with Crippen molar-refractivity contribution in [2.24, 2.45) is 0 Å². The molecule has 10 heteroatoms. The summed E-state index contributed by atoms with van der Waals surface area (Å²) in [6.45, 7) is 9.15. The van der Waals surface area contributed by atoms with Crippen LogP contribution in [0, 0.1) is 6.92 Å². The summed E-state index contributed by atoms with van der Waals surface area (Å²) >= 11 is 0. The molecule has 322 valence electrons. The van der Waals surface area contributed by atoms with Crippen molar-refractivity contribution in [2.45, 2.75) is 91.3 Å². The molecule has 0 aliphatic carbocycles. The number of ketones is 1. The highest BCUT2D eigenvalue weighted by atomic mass is 16.5. The summed E-state index contributed by atoms with van der Waals surface area (Å²) in [6.07, 6.45) is 6.32. The van der Waals surface area contributed by atoms with Crippen LogP contribution in [0.25, 0.3) is 10.9 Å². The maximum absolute atomic E-state index is 12.1. The van der Waals surface area contributed by atoms with Crippen LogP contribution in [0.3, 0.4) is 0 Å². The number of aromatic carboxylic acids is 1. The zero-order valence-corrected chi connectivity index (χ0v) is 36.1. The van der Waals surface area contributed by atoms with E-state index in [0.717, 1.165) is 77.7 Å². The van der Waals surface area contributed by atoms with E-state index in [4.69, 9.17) is 18.9 Å². The normalized spacial score (nSPS) is 12.5. The highest BCUT2D eigenvalue weighted by Crippen LogP contribution is 2.38. The number of aryl methyl sites for hydroxylation is 2. The second-order valence-corrected chi connectivity index (χ2v) is 16.1. The maximum Gasteiger partial charge on any atom is 0.339 e. The van der Waals surface area contributed by atoms with Gasteiger partial charge in [0, 0.05) is 30.2 Å². The molecule has 6 aromatic rings. The molecule has 5 aromatic carbocycles. The lowest BCUT2D eigenvalue weighted by Gasteiger charge is -2.16. The molecular formula is C52H56N2O8. The van der Waals surface area contributed by atoms with Gasteiger partial charge in [0.1, 0.15) is 41.0 Å². The first-order valence-corrected chi connectivity index (χ1v) is 21.3. The molecule has 1 aliphatic rings. The van der Waals surface area contributed by atoms with Crippen LogP contribution in [0.2, 0.25) is 0 Å². The summed E-state index contributed by atoms with van der Waals surface area (Å²) in [5.41, 5.74) is 6.31. The van der Waals surface area contributed by atoms with Gasteiger partial charge in [0.2, 0.25) is 5.91 Å². The molecular weight excluding hydrogens is 781 g/mol. The van der Waals surface area contributed by atoms with E-state index >= 15 is 0 Å². The Morgan fingerprint density at radius 2 is 1.48 bits per heavy atom. The predicted molar refractivity (Wildman–Crippen MR) is 243 cm³/mol. The minimum atomic E-state index is -1.02. The number of benzene rings is 5. The minimum Gasteiger partial charge on any atom is -0.493 e. The Hall–Kier alpha value is -6.52. The van der Waals surface area contributed by atoms with Crippen molar-refractivity contribution in [1.82, 2.24) is 4.98 Å². The van der Waals surface area contributed by atoms with Gasteiger partial charge in [-0.3, -0.25) is 9.78 Å².